The Bertz CT molecular complexity index is 1300. The summed E-state index contributed by atoms with van der Waals surface area (Å²) in [4.78, 5) is 39.4. The molecule has 2 aromatic carbocycles. The van der Waals surface area contributed by atoms with Crippen molar-refractivity contribution < 1.29 is 28.6 Å². The lowest BCUT2D eigenvalue weighted by atomic mass is 9.88. The molecule has 3 aromatic rings. The first-order chi connectivity index (χ1) is 18.3. The van der Waals surface area contributed by atoms with Crippen LogP contribution in [0, 0.1) is 5.92 Å². The zero-order chi connectivity index (χ0) is 27.2. The number of carbonyl (C=O) groups excluding carboxylic acids is 3. The Hall–Kier alpha value is -3.85. The van der Waals surface area contributed by atoms with Gasteiger partial charge in [-0.3, -0.25) is 9.59 Å². The van der Waals surface area contributed by atoms with E-state index < -0.39 is 12.1 Å². The second-order valence-electron chi connectivity index (χ2n) is 9.23. The normalized spacial score (nSPS) is 15.1. The topological polar surface area (TPSA) is 103 Å². The zero-order valence-corrected chi connectivity index (χ0v) is 22.8. The molecule has 0 saturated carbocycles. The predicted octanol–water partition coefficient (Wildman–Crippen LogP) is 5.72. The van der Waals surface area contributed by atoms with Crippen LogP contribution in [0.25, 0.3) is 0 Å². The second kappa shape index (κ2) is 12.1. The molecule has 2 amide bonds. The lowest BCUT2D eigenvalue weighted by molar-refractivity contribution is -0.122. The van der Waals surface area contributed by atoms with Gasteiger partial charge in [-0.05, 0) is 93.1 Å². The van der Waals surface area contributed by atoms with Gasteiger partial charge in [0.15, 0.2) is 6.10 Å². The number of rotatable bonds is 9. The standard InChI is InChI=1S/C29H32N2O6S/c1-5-36-29(34)25-23-15-6-17(2)16-24(23)38-28(25)31-27(33)19-7-11-22(12-8-19)37-18(3)26(32)30-20-9-13-21(35-4)14-10-20/h7-14,17-18H,5-6,15-16H2,1-4H3,(H,30,32)(H,31,33)/t17-,18-/m1/s1. The van der Waals surface area contributed by atoms with Gasteiger partial charge >= 0.3 is 5.97 Å². The Morgan fingerprint density at radius 3 is 2.37 bits per heavy atom. The molecule has 0 aliphatic heterocycles. The molecule has 0 fully saturated rings. The van der Waals surface area contributed by atoms with Gasteiger partial charge in [0.05, 0.1) is 19.3 Å². The second-order valence-corrected chi connectivity index (χ2v) is 10.3. The smallest absolute Gasteiger partial charge is 0.341 e. The van der Waals surface area contributed by atoms with Gasteiger partial charge in [0.2, 0.25) is 0 Å². The summed E-state index contributed by atoms with van der Waals surface area (Å²) in [5, 5.41) is 6.24. The summed E-state index contributed by atoms with van der Waals surface area (Å²) in [7, 11) is 1.58. The minimum atomic E-state index is -0.760. The average molecular weight is 537 g/mol. The number of carbonyl (C=O) groups is 3. The van der Waals surface area contributed by atoms with E-state index in [1.54, 1.807) is 69.5 Å². The fourth-order valence-corrected chi connectivity index (χ4v) is 5.69. The van der Waals surface area contributed by atoms with Gasteiger partial charge in [0.25, 0.3) is 11.8 Å². The van der Waals surface area contributed by atoms with Crippen LogP contribution in [0.15, 0.2) is 48.5 Å². The van der Waals surface area contributed by atoms with Crippen molar-refractivity contribution >= 4 is 39.8 Å². The van der Waals surface area contributed by atoms with Crippen LogP contribution >= 0.6 is 11.3 Å². The summed E-state index contributed by atoms with van der Waals surface area (Å²) in [6, 6.07) is 13.5. The molecule has 0 unspecified atom stereocenters. The highest BCUT2D eigenvalue weighted by Crippen LogP contribution is 2.40. The van der Waals surface area contributed by atoms with Crippen molar-refractivity contribution in [3.05, 3.63) is 70.1 Å². The number of nitrogens with one attached hydrogen (secondary N) is 2. The number of anilines is 2. The van der Waals surface area contributed by atoms with E-state index in [9.17, 15) is 14.4 Å². The molecule has 8 nitrogen and oxygen atoms in total. The number of benzene rings is 2. The molecule has 0 bridgehead atoms. The highest BCUT2D eigenvalue weighted by Gasteiger charge is 2.29. The molecule has 38 heavy (non-hydrogen) atoms. The lowest BCUT2D eigenvalue weighted by Gasteiger charge is -2.18. The molecular weight excluding hydrogens is 504 g/mol. The van der Waals surface area contributed by atoms with E-state index in [-0.39, 0.29) is 18.4 Å². The summed E-state index contributed by atoms with van der Waals surface area (Å²) >= 11 is 1.45. The molecule has 2 atom stereocenters. The molecule has 1 aliphatic carbocycles. The third kappa shape index (κ3) is 6.34. The maximum atomic E-state index is 13.0. The average Bonchev–Trinajstić information content (AvgIpc) is 3.26. The molecule has 0 radical (unpaired) electrons. The van der Waals surface area contributed by atoms with Crippen molar-refractivity contribution in [2.75, 3.05) is 24.4 Å². The number of thiophene rings is 1. The Kier molecular flexibility index (Phi) is 8.68. The van der Waals surface area contributed by atoms with Gasteiger partial charge < -0.3 is 24.8 Å². The number of amides is 2. The number of hydrogen-bond acceptors (Lipinski definition) is 7. The largest absolute Gasteiger partial charge is 0.497 e. The Balaban J connectivity index is 1.40. The van der Waals surface area contributed by atoms with Crippen molar-refractivity contribution in [3.63, 3.8) is 0 Å². The van der Waals surface area contributed by atoms with Gasteiger partial charge in [-0.1, -0.05) is 6.92 Å². The van der Waals surface area contributed by atoms with E-state index in [1.807, 2.05) is 0 Å². The maximum Gasteiger partial charge on any atom is 0.341 e. The Morgan fingerprint density at radius 1 is 1.03 bits per heavy atom. The minimum absolute atomic E-state index is 0.269. The number of esters is 1. The number of ether oxygens (including phenoxy) is 3. The van der Waals surface area contributed by atoms with Crippen LogP contribution < -0.4 is 20.1 Å². The third-order valence-corrected chi connectivity index (χ3v) is 7.54. The van der Waals surface area contributed by atoms with Crippen molar-refractivity contribution in [1.29, 1.82) is 0 Å². The molecule has 2 N–H and O–H groups in total. The molecule has 0 spiro atoms. The fourth-order valence-electron chi connectivity index (χ4n) is 4.29. The first-order valence-electron chi connectivity index (χ1n) is 12.6. The molecule has 0 saturated heterocycles. The van der Waals surface area contributed by atoms with E-state index >= 15 is 0 Å². The van der Waals surface area contributed by atoms with E-state index in [0.717, 1.165) is 29.7 Å². The first-order valence-corrected chi connectivity index (χ1v) is 13.4. The summed E-state index contributed by atoms with van der Waals surface area (Å²) in [6.45, 7) is 5.88. The fraction of sp³-hybridized carbons (Fsp3) is 0.345. The van der Waals surface area contributed by atoms with Crippen LogP contribution in [0.5, 0.6) is 11.5 Å². The van der Waals surface area contributed by atoms with Crippen molar-refractivity contribution in [2.45, 2.75) is 46.1 Å². The third-order valence-electron chi connectivity index (χ3n) is 6.37. The van der Waals surface area contributed by atoms with Gasteiger partial charge in [-0.15, -0.1) is 11.3 Å². The monoisotopic (exact) mass is 536 g/mol. The van der Waals surface area contributed by atoms with Gasteiger partial charge in [0, 0.05) is 16.1 Å². The van der Waals surface area contributed by atoms with Crippen LogP contribution in [0.3, 0.4) is 0 Å². The van der Waals surface area contributed by atoms with Crippen LogP contribution in [0.4, 0.5) is 10.7 Å². The number of hydrogen-bond donors (Lipinski definition) is 2. The van der Waals surface area contributed by atoms with Gasteiger partial charge in [-0.2, -0.15) is 0 Å². The van der Waals surface area contributed by atoms with E-state index in [0.29, 0.717) is 39.2 Å². The Labute approximate surface area is 226 Å². The molecule has 200 valence electrons. The summed E-state index contributed by atoms with van der Waals surface area (Å²) < 4.78 is 16.2. The minimum Gasteiger partial charge on any atom is -0.497 e. The van der Waals surface area contributed by atoms with E-state index in [2.05, 4.69) is 17.6 Å². The summed E-state index contributed by atoms with van der Waals surface area (Å²) in [5.41, 5.74) is 2.50. The zero-order valence-electron chi connectivity index (χ0n) is 22.0. The van der Waals surface area contributed by atoms with Crippen LogP contribution in [-0.2, 0) is 22.4 Å². The highest BCUT2D eigenvalue weighted by molar-refractivity contribution is 7.17. The van der Waals surface area contributed by atoms with Crippen LogP contribution in [0.1, 0.15) is 58.3 Å². The SMILES string of the molecule is CCOC(=O)c1c(NC(=O)c2ccc(O[C@H](C)C(=O)Nc3ccc(OC)cc3)cc2)sc2c1CC[C@@H](C)C2. The quantitative estimate of drug-likeness (QED) is 0.339. The van der Waals surface area contributed by atoms with Crippen molar-refractivity contribution in [2.24, 2.45) is 5.92 Å². The number of methoxy groups -OCH3 is 1. The van der Waals surface area contributed by atoms with Gasteiger partial charge in [-0.25, -0.2) is 4.79 Å². The molecule has 4 rings (SSSR count). The van der Waals surface area contributed by atoms with Crippen molar-refractivity contribution in [1.82, 2.24) is 0 Å². The first kappa shape index (κ1) is 27.2. The molecular formula is C29H32N2O6S. The maximum absolute atomic E-state index is 13.0. The molecule has 1 heterocycles. The van der Waals surface area contributed by atoms with Crippen LogP contribution in [-0.4, -0.2) is 37.6 Å². The Morgan fingerprint density at radius 2 is 1.71 bits per heavy atom. The highest BCUT2D eigenvalue weighted by atomic mass is 32.1. The number of fused-ring (bicyclic) bond motifs is 1. The molecule has 1 aliphatic rings. The predicted molar refractivity (Wildman–Crippen MR) is 148 cm³/mol. The molecule has 1 aromatic heterocycles. The van der Waals surface area contributed by atoms with Crippen molar-refractivity contribution in [3.8, 4) is 11.5 Å². The summed E-state index contributed by atoms with van der Waals surface area (Å²) in [6.07, 6.45) is 1.93. The summed E-state index contributed by atoms with van der Waals surface area (Å²) in [5.74, 6) is 0.639. The van der Waals surface area contributed by atoms with Crippen LogP contribution in [0.2, 0.25) is 0 Å². The lowest BCUT2D eigenvalue weighted by Crippen LogP contribution is -2.30. The van der Waals surface area contributed by atoms with Gasteiger partial charge in [0.1, 0.15) is 16.5 Å². The molecule has 9 heteroatoms. The van der Waals surface area contributed by atoms with E-state index in [4.69, 9.17) is 14.2 Å². The van der Waals surface area contributed by atoms with E-state index in [1.165, 1.54) is 11.3 Å².